The Hall–Kier alpha value is -6.61. The van der Waals surface area contributed by atoms with E-state index >= 15 is 4.39 Å². The van der Waals surface area contributed by atoms with Crippen molar-refractivity contribution < 1.29 is 60.7 Å². The molecule has 1 heterocycles. The van der Waals surface area contributed by atoms with Crippen molar-refractivity contribution in [2.75, 3.05) is 13.1 Å². The molecule has 5 rings (SSSR count). The van der Waals surface area contributed by atoms with Crippen molar-refractivity contribution in [3.63, 3.8) is 0 Å². The number of nitrogens with one attached hydrogen (secondary N) is 5. The van der Waals surface area contributed by atoms with Crippen molar-refractivity contribution in [3.8, 4) is 0 Å². The molecule has 2 aliphatic rings. The van der Waals surface area contributed by atoms with E-state index in [2.05, 4.69) is 26.0 Å². The van der Waals surface area contributed by atoms with Crippen LogP contribution in [-0.2, 0) is 38.8 Å². The van der Waals surface area contributed by atoms with Gasteiger partial charge in [0.15, 0.2) is 0 Å². The number of halogens is 2. The van der Waals surface area contributed by atoms with Gasteiger partial charge in [0.2, 0.25) is 39.4 Å². The predicted octanol–water partition coefficient (Wildman–Crippen LogP) is 1.60. The van der Waals surface area contributed by atoms with Gasteiger partial charge in [-0.3, -0.25) is 33.6 Å². The molecule has 5 atom stereocenters. The van der Waals surface area contributed by atoms with Crippen molar-refractivity contribution in [2.45, 2.75) is 93.4 Å². The Morgan fingerprint density at radius 1 is 0.828 bits per heavy atom. The van der Waals surface area contributed by atoms with Crippen molar-refractivity contribution in [2.24, 2.45) is 11.7 Å². The molecule has 1 saturated heterocycles. The quantitative estimate of drug-likeness (QED) is 0.0849. The largest absolute Gasteiger partial charge is 0.478 e. The van der Waals surface area contributed by atoms with Crippen LogP contribution in [0.15, 0.2) is 77.7 Å². The summed E-state index contributed by atoms with van der Waals surface area (Å²) in [5, 5.41) is 19.1. The number of carbonyl (C=O) groups excluding carboxylic acids is 7. The second kappa shape index (κ2) is 21.7. The number of amides is 6. The molecule has 1 unspecified atom stereocenters. The highest BCUT2D eigenvalue weighted by Gasteiger charge is 2.46. The van der Waals surface area contributed by atoms with E-state index in [1.165, 1.54) is 24.3 Å². The molecule has 6 amide bonds. The van der Waals surface area contributed by atoms with Crippen LogP contribution < -0.4 is 31.7 Å². The minimum absolute atomic E-state index is 0.0987. The fourth-order valence-electron chi connectivity index (χ4n) is 7.93. The van der Waals surface area contributed by atoms with Crippen LogP contribution in [0.2, 0.25) is 0 Å². The zero-order valence-electron chi connectivity index (χ0n) is 34.7. The van der Waals surface area contributed by atoms with E-state index in [1.807, 2.05) is 0 Å². The summed E-state index contributed by atoms with van der Waals surface area (Å²) in [5.41, 5.74) is 3.39. The minimum atomic E-state index is -4.25. The molecule has 21 heteroatoms. The van der Waals surface area contributed by atoms with Gasteiger partial charge in [0.05, 0.1) is 23.0 Å². The number of primary amides is 1. The van der Waals surface area contributed by atoms with Gasteiger partial charge in [-0.05, 0) is 61.4 Å². The Kier molecular flexibility index (Phi) is 16.4. The minimum Gasteiger partial charge on any atom is -0.478 e. The lowest BCUT2D eigenvalue weighted by molar-refractivity contribution is -0.143. The number of aromatic carboxylic acids is 1. The molecule has 8 N–H and O–H groups in total. The van der Waals surface area contributed by atoms with E-state index in [4.69, 9.17) is 5.73 Å². The Labute approximate surface area is 367 Å². The Morgan fingerprint density at radius 3 is 2.03 bits per heavy atom. The summed E-state index contributed by atoms with van der Waals surface area (Å²) in [7, 11) is -4.25. The molecule has 0 spiro atoms. The summed E-state index contributed by atoms with van der Waals surface area (Å²) < 4.78 is 59.1. The maximum atomic E-state index is 15.1. The monoisotopic (exact) mass is 909 g/mol. The second-order valence-corrected chi connectivity index (χ2v) is 17.2. The Balaban J connectivity index is 1.40. The third-order valence-corrected chi connectivity index (χ3v) is 12.6. The number of hydrogen-bond acceptors (Lipinski definition) is 10. The molecule has 1 aliphatic heterocycles. The number of ketones is 1. The van der Waals surface area contributed by atoms with Gasteiger partial charge in [-0.15, -0.1) is 0 Å². The third-order valence-electron chi connectivity index (χ3n) is 11.0. The normalized spacial score (nSPS) is 17.9. The van der Waals surface area contributed by atoms with Gasteiger partial charge in [-0.2, -0.15) is 0 Å². The number of rotatable bonds is 19. The molecule has 0 bridgehead atoms. The molecule has 3 aromatic carbocycles. The number of carboxylic acid groups (broad SMARTS) is 1. The molecule has 1 aliphatic carbocycles. The lowest BCUT2D eigenvalue weighted by Crippen LogP contribution is -2.58. The number of sulfonamides is 1. The Bertz CT molecular complexity index is 2370. The highest BCUT2D eigenvalue weighted by molar-refractivity contribution is 7.89. The average molecular weight is 910 g/mol. The standard InChI is InChI=1S/C43H49F2N7O11S/c1-2-12-30(37(54)41(58)47-22-32(53)49-35(38(46)55)24-13-6-3-7-14-24)48-39(56)31-21-26(51-64(62,63)27-17-10-5-11-18-27)23-52(31)42(59)36(25-15-8-4-9-16-25)50-40(57)33-28(44)19-20-29(45)34(33)43(60)61/h3,5-7,10-11,13-14,17-20,25-26,30-31,35-36,51H,2,4,8-9,12,15-16,21-23H2,1H3,(H2,46,55)(H,47,58)(H,48,56)(H,49,53)(H,50,57)(H,60,61)/t26-,30?,31+,35+,36+/m1/s1. The molecular weight excluding hydrogens is 861 g/mol. The third kappa shape index (κ3) is 11.9. The fraction of sp³-hybridized carbons (Fsp3) is 0.395. The van der Waals surface area contributed by atoms with E-state index in [-0.39, 0.29) is 24.2 Å². The second-order valence-electron chi connectivity index (χ2n) is 15.5. The smallest absolute Gasteiger partial charge is 0.339 e. The van der Waals surface area contributed by atoms with Crippen molar-refractivity contribution in [1.29, 1.82) is 0 Å². The first kappa shape index (κ1) is 48.4. The fourth-order valence-corrected chi connectivity index (χ4v) is 9.19. The number of Topliss-reactive ketones (excluding diaryl/α,β-unsaturated/α-hetero) is 1. The number of likely N-dealkylation sites (tertiary alicyclic amines) is 1. The lowest BCUT2D eigenvalue weighted by atomic mass is 9.83. The highest BCUT2D eigenvalue weighted by Crippen LogP contribution is 2.31. The van der Waals surface area contributed by atoms with Crippen molar-refractivity contribution in [3.05, 3.63) is 101 Å². The van der Waals surface area contributed by atoms with Gasteiger partial charge < -0.3 is 37.0 Å². The van der Waals surface area contributed by atoms with Crippen LogP contribution in [0.3, 0.4) is 0 Å². The molecule has 2 fully saturated rings. The van der Waals surface area contributed by atoms with E-state index < -0.39 is 129 Å². The lowest BCUT2D eigenvalue weighted by Gasteiger charge is -2.35. The molecule has 64 heavy (non-hydrogen) atoms. The molecule has 18 nitrogen and oxygen atoms in total. The summed E-state index contributed by atoms with van der Waals surface area (Å²) in [5.74, 6) is -12.9. The SMILES string of the molecule is CCCC(NC(=O)[C@@H]1C[C@@H](NS(=O)(=O)c2ccccc2)CN1C(=O)[C@@H](NC(=O)c1c(F)ccc(F)c1C(=O)O)C1CCCCC1)C(=O)C(=O)NCC(=O)N[C@H](C(N)=O)c1ccccc1. The van der Waals surface area contributed by atoms with Crippen LogP contribution in [0.5, 0.6) is 0 Å². The molecule has 3 aromatic rings. The first-order valence-electron chi connectivity index (χ1n) is 20.6. The summed E-state index contributed by atoms with van der Waals surface area (Å²) in [4.78, 5) is 107. The predicted molar refractivity (Wildman–Crippen MR) is 223 cm³/mol. The van der Waals surface area contributed by atoms with Gasteiger partial charge >= 0.3 is 5.97 Å². The number of carboxylic acids is 1. The Morgan fingerprint density at radius 2 is 1.44 bits per heavy atom. The molecule has 0 aromatic heterocycles. The van der Waals surface area contributed by atoms with Crippen LogP contribution >= 0.6 is 0 Å². The number of benzene rings is 3. The summed E-state index contributed by atoms with van der Waals surface area (Å²) >= 11 is 0. The molecule has 0 radical (unpaired) electrons. The van der Waals surface area contributed by atoms with Crippen LogP contribution in [0.1, 0.15) is 90.6 Å². The van der Waals surface area contributed by atoms with E-state index in [9.17, 15) is 56.3 Å². The first-order chi connectivity index (χ1) is 30.4. The number of hydrogen-bond donors (Lipinski definition) is 7. The van der Waals surface area contributed by atoms with E-state index in [0.29, 0.717) is 43.4 Å². The molecular formula is C43H49F2N7O11S. The van der Waals surface area contributed by atoms with Gasteiger partial charge in [-0.1, -0.05) is 81.1 Å². The summed E-state index contributed by atoms with van der Waals surface area (Å²) in [6, 6.07) is 9.36. The van der Waals surface area contributed by atoms with Crippen LogP contribution in [-0.4, -0.2) is 103 Å². The summed E-state index contributed by atoms with van der Waals surface area (Å²) in [6.45, 7) is 0.442. The van der Waals surface area contributed by atoms with Gasteiger partial charge in [-0.25, -0.2) is 26.7 Å². The highest BCUT2D eigenvalue weighted by atomic mass is 32.2. The number of nitrogens with zero attached hydrogens (tertiary/aromatic N) is 1. The number of carbonyl (C=O) groups is 8. The maximum absolute atomic E-state index is 15.1. The van der Waals surface area contributed by atoms with Gasteiger partial charge in [0.1, 0.15) is 35.3 Å². The van der Waals surface area contributed by atoms with Crippen LogP contribution in [0, 0.1) is 17.6 Å². The molecule has 1 saturated carbocycles. The van der Waals surface area contributed by atoms with E-state index in [1.54, 1.807) is 43.3 Å². The maximum Gasteiger partial charge on any atom is 0.339 e. The topological polar surface area (TPSA) is 280 Å². The van der Waals surface area contributed by atoms with E-state index in [0.717, 1.165) is 11.3 Å². The van der Waals surface area contributed by atoms with Crippen molar-refractivity contribution in [1.82, 2.24) is 30.9 Å². The summed E-state index contributed by atoms with van der Waals surface area (Å²) in [6.07, 6.45) is 2.49. The van der Waals surface area contributed by atoms with Crippen molar-refractivity contribution >= 4 is 57.2 Å². The zero-order chi connectivity index (χ0) is 46.7. The first-order valence-corrected chi connectivity index (χ1v) is 22.1. The van der Waals surface area contributed by atoms with Gasteiger partial charge in [0.25, 0.3) is 11.8 Å². The average Bonchev–Trinajstić information content (AvgIpc) is 3.70. The van der Waals surface area contributed by atoms with Crippen LogP contribution in [0.25, 0.3) is 0 Å². The van der Waals surface area contributed by atoms with Crippen LogP contribution in [0.4, 0.5) is 8.78 Å². The molecule has 342 valence electrons. The van der Waals surface area contributed by atoms with Gasteiger partial charge in [0, 0.05) is 12.6 Å². The zero-order valence-corrected chi connectivity index (χ0v) is 35.5. The number of nitrogens with two attached hydrogens (primary N) is 1.